The Labute approximate surface area is 242 Å². The molecule has 1 N–H and O–H groups in total. The molecule has 0 aromatic heterocycles. The van der Waals surface area contributed by atoms with Gasteiger partial charge in [-0.1, -0.05) is 135 Å². The summed E-state index contributed by atoms with van der Waals surface area (Å²) < 4.78 is 5.33. The molecule has 1 atom stereocenters. The zero-order valence-electron chi connectivity index (χ0n) is 29.1. The van der Waals surface area contributed by atoms with E-state index >= 15 is 0 Å². The number of ether oxygens (including phenoxy) is 1. The van der Waals surface area contributed by atoms with Crippen molar-refractivity contribution in [2.45, 2.75) is 180 Å². The average molecular weight is 541 g/mol. The Morgan fingerprint density at radius 2 is 1.00 bits per heavy atom. The van der Waals surface area contributed by atoms with Gasteiger partial charge in [0.15, 0.2) is 0 Å². The lowest BCUT2D eigenvalue weighted by Crippen LogP contribution is -2.52. The van der Waals surface area contributed by atoms with Crippen LogP contribution in [0.2, 0.25) is 0 Å². The molecule has 3 saturated carbocycles. The van der Waals surface area contributed by atoms with E-state index in [1.54, 1.807) is 0 Å². The van der Waals surface area contributed by atoms with Crippen LogP contribution in [0.3, 0.4) is 0 Å². The molecule has 0 radical (unpaired) electrons. The van der Waals surface area contributed by atoms with Crippen LogP contribution in [0.5, 0.6) is 0 Å². The molecule has 1 spiro atoms. The first-order valence-electron chi connectivity index (χ1n) is 16.9. The minimum absolute atomic E-state index is 0.0333. The highest BCUT2D eigenvalue weighted by molar-refractivity contribution is 5.05. The maximum Gasteiger partial charge on any atom is 0.0550 e. The highest BCUT2D eigenvalue weighted by Gasteiger charge is 2.54. The summed E-state index contributed by atoms with van der Waals surface area (Å²) in [5.74, 6) is 3.53. The van der Waals surface area contributed by atoms with Gasteiger partial charge in [0, 0.05) is 13.2 Å². The van der Waals surface area contributed by atoms with E-state index in [0.717, 1.165) is 49.7 Å². The molecular formula is C36H76O2. The topological polar surface area (TPSA) is 29.5 Å². The van der Waals surface area contributed by atoms with Gasteiger partial charge in [-0.3, -0.25) is 0 Å². The lowest BCUT2D eigenvalue weighted by Gasteiger charge is -2.59. The number of aliphatic hydroxyl groups is 1. The van der Waals surface area contributed by atoms with Crippen molar-refractivity contribution in [1.82, 2.24) is 0 Å². The number of aliphatic hydroxyl groups excluding tert-OH is 1. The van der Waals surface area contributed by atoms with Crippen molar-refractivity contribution in [1.29, 1.82) is 0 Å². The number of hydrogen-bond donors (Lipinski definition) is 1. The first-order chi connectivity index (χ1) is 17.6. The number of hydrogen-bond acceptors (Lipinski definition) is 2. The molecule has 38 heavy (non-hydrogen) atoms. The lowest BCUT2D eigenvalue weighted by molar-refractivity contribution is -0.135. The summed E-state index contributed by atoms with van der Waals surface area (Å²) in [5.41, 5.74) is 1.59. The van der Waals surface area contributed by atoms with E-state index < -0.39 is 0 Å². The standard InChI is InChI=1S/C11H20O.C10H20O.C6H12.C5H12.2C2H6/c1-10(2,3)8-4-11(5-8)6-9(12)7-11;1-8(2)9(3)10-4-6-11-7-5-10;1-2-4-6-5-3-1;1-5(2,3)4;2*1-2/h8-9,12H,4-7H2,1-3H3;8-10H,4-7H2,1-3H3;1-6H2;1-4H3;2*1-2H3. The van der Waals surface area contributed by atoms with E-state index in [-0.39, 0.29) is 6.10 Å². The zero-order chi connectivity index (χ0) is 30.0. The summed E-state index contributed by atoms with van der Waals surface area (Å²) in [4.78, 5) is 0. The molecule has 4 fully saturated rings. The molecule has 3 aliphatic carbocycles. The fourth-order valence-electron chi connectivity index (χ4n) is 5.72. The van der Waals surface area contributed by atoms with Gasteiger partial charge < -0.3 is 9.84 Å². The summed E-state index contributed by atoms with van der Waals surface area (Å²) in [5, 5.41) is 9.24. The van der Waals surface area contributed by atoms with Crippen molar-refractivity contribution in [2.24, 2.45) is 39.9 Å². The van der Waals surface area contributed by atoms with Crippen LogP contribution < -0.4 is 0 Å². The Kier molecular flexibility index (Phi) is 21.9. The summed E-state index contributed by atoms with van der Waals surface area (Å²) in [7, 11) is 0. The smallest absolute Gasteiger partial charge is 0.0550 e. The summed E-state index contributed by atoms with van der Waals surface area (Å²) >= 11 is 0. The van der Waals surface area contributed by atoms with Crippen molar-refractivity contribution in [3.05, 3.63) is 0 Å². The largest absolute Gasteiger partial charge is 0.393 e. The van der Waals surface area contributed by atoms with Gasteiger partial charge in [-0.15, -0.1) is 0 Å². The van der Waals surface area contributed by atoms with Gasteiger partial charge in [0.05, 0.1) is 6.10 Å². The summed E-state index contributed by atoms with van der Waals surface area (Å²) in [6.07, 6.45) is 16.5. The van der Waals surface area contributed by atoms with Crippen molar-refractivity contribution >= 4 is 0 Å². The van der Waals surface area contributed by atoms with Crippen LogP contribution in [0, 0.1) is 39.9 Å². The van der Waals surface area contributed by atoms with Crippen LogP contribution in [0.15, 0.2) is 0 Å². The molecule has 0 amide bonds. The molecule has 0 aromatic rings. The Morgan fingerprint density at radius 1 is 0.658 bits per heavy atom. The van der Waals surface area contributed by atoms with Crippen molar-refractivity contribution < 1.29 is 9.84 Å². The lowest BCUT2D eigenvalue weighted by atomic mass is 9.46. The fourth-order valence-corrected chi connectivity index (χ4v) is 5.72. The van der Waals surface area contributed by atoms with Crippen LogP contribution in [0.1, 0.15) is 174 Å². The van der Waals surface area contributed by atoms with Crippen molar-refractivity contribution in [3.8, 4) is 0 Å². The fraction of sp³-hybridized carbons (Fsp3) is 1.00. The van der Waals surface area contributed by atoms with Gasteiger partial charge in [-0.25, -0.2) is 0 Å². The molecule has 0 aromatic carbocycles. The predicted molar refractivity (Wildman–Crippen MR) is 173 cm³/mol. The van der Waals surface area contributed by atoms with E-state index in [0.29, 0.717) is 16.2 Å². The van der Waals surface area contributed by atoms with Gasteiger partial charge >= 0.3 is 0 Å². The van der Waals surface area contributed by atoms with E-state index in [1.807, 2.05) is 27.7 Å². The zero-order valence-corrected chi connectivity index (χ0v) is 29.1. The van der Waals surface area contributed by atoms with Crippen LogP contribution >= 0.6 is 0 Å². The van der Waals surface area contributed by atoms with Crippen LogP contribution in [0.4, 0.5) is 0 Å². The molecule has 2 heteroatoms. The molecule has 1 aliphatic heterocycles. The number of rotatable bonds is 2. The minimum atomic E-state index is 0.0333. The highest BCUT2D eigenvalue weighted by Crippen LogP contribution is 2.62. The van der Waals surface area contributed by atoms with Gasteiger partial charge in [0.25, 0.3) is 0 Å². The van der Waals surface area contributed by atoms with Gasteiger partial charge in [-0.05, 0) is 78.4 Å². The highest BCUT2D eigenvalue weighted by atomic mass is 16.5. The molecule has 0 bridgehead atoms. The maximum atomic E-state index is 9.24. The quantitative estimate of drug-likeness (QED) is 0.377. The summed E-state index contributed by atoms with van der Waals surface area (Å²) in [6, 6.07) is 0. The Hall–Kier alpha value is -0.0800. The molecule has 1 heterocycles. The summed E-state index contributed by atoms with van der Waals surface area (Å²) in [6.45, 7) is 32.7. The average Bonchev–Trinajstić information content (AvgIpc) is 2.83. The maximum absolute atomic E-state index is 9.24. The van der Waals surface area contributed by atoms with E-state index in [2.05, 4.69) is 69.2 Å². The van der Waals surface area contributed by atoms with Gasteiger partial charge in [-0.2, -0.15) is 0 Å². The molecular weight excluding hydrogens is 464 g/mol. The van der Waals surface area contributed by atoms with Crippen LogP contribution in [-0.2, 0) is 4.74 Å². The monoisotopic (exact) mass is 541 g/mol. The second-order valence-electron chi connectivity index (χ2n) is 15.2. The SMILES string of the molecule is C1CCCCC1.CC.CC.CC(C)(C)C.CC(C)(C)C1CC2(CC(O)C2)C1.CC(C)C(C)C1CCOCC1. The van der Waals surface area contributed by atoms with Crippen LogP contribution in [0.25, 0.3) is 0 Å². The third kappa shape index (κ3) is 19.1. The molecule has 4 aliphatic rings. The molecule has 1 unspecified atom stereocenters. The first kappa shape index (κ1) is 40.1. The van der Waals surface area contributed by atoms with Gasteiger partial charge in [0.1, 0.15) is 0 Å². The van der Waals surface area contributed by atoms with E-state index in [9.17, 15) is 5.11 Å². The first-order valence-corrected chi connectivity index (χ1v) is 16.9. The van der Waals surface area contributed by atoms with Crippen molar-refractivity contribution in [3.63, 3.8) is 0 Å². The second-order valence-corrected chi connectivity index (χ2v) is 15.2. The molecule has 1 saturated heterocycles. The van der Waals surface area contributed by atoms with Gasteiger partial charge in [0.2, 0.25) is 0 Å². The third-order valence-electron chi connectivity index (χ3n) is 8.48. The predicted octanol–water partition coefficient (Wildman–Crippen LogP) is 11.7. The second kappa shape index (κ2) is 20.7. The van der Waals surface area contributed by atoms with Crippen molar-refractivity contribution in [2.75, 3.05) is 13.2 Å². The van der Waals surface area contributed by atoms with Crippen LogP contribution in [-0.4, -0.2) is 24.4 Å². The van der Waals surface area contributed by atoms with E-state index in [1.165, 1.54) is 64.2 Å². The Balaban J connectivity index is 0. The molecule has 4 rings (SSSR count). The normalized spacial score (nSPS) is 27.5. The Morgan fingerprint density at radius 3 is 1.26 bits per heavy atom. The minimum Gasteiger partial charge on any atom is -0.393 e. The molecule has 2 nitrogen and oxygen atoms in total. The van der Waals surface area contributed by atoms with E-state index in [4.69, 9.17) is 4.74 Å². The molecule has 232 valence electrons. The Bertz CT molecular complexity index is 483. The third-order valence-corrected chi connectivity index (χ3v) is 8.48.